The van der Waals surface area contributed by atoms with Gasteiger partial charge >= 0.3 is 0 Å². The third kappa shape index (κ3) is 4.12. The third-order valence-electron chi connectivity index (χ3n) is 4.28. The van der Waals surface area contributed by atoms with Crippen LogP contribution in [-0.2, 0) is 23.1 Å². The molecule has 3 rings (SSSR count). The highest BCUT2D eigenvalue weighted by Gasteiger charge is 2.27. The molecule has 28 heavy (non-hydrogen) atoms. The van der Waals surface area contributed by atoms with Crippen molar-refractivity contribution in [2.24, 2.45) is 12.8 Å². The van der Waals surface area contributed by atoms with Gasteiger partial charge in [-0.15, -0.1) is 0 Å². The summed E-state index contributed by atoms with van der Waals surface area (Å²) in [5.41, 5.74) is 7.57. The molecule has 0 aliphatic heterocycles. The van der Waals surface area contributed by atoms with E-state index in [1.54, 1.807) is 48.4 Å². The molecular weight excluding hydrogens is 358 g/mol. The molecule has 2 amide bonds. The summed E-state index contributed by atoms with van der Waals surface area (Å²) in [6.07, 6.45) is 4.79. The minimum atomic E-state index is -1.10. The molecule has 1 atom stereocenters. The van der Waals surface area contributed by atoms with Crippen LogP contribution in [0.2, 0.25) is 0 Å². The Hall–Kier alpha value is -3.81. The average molecular weight is 377 g/mol. The van der Waals surface area contributed by atoms with Gasteiger partial charge < -0.3 is 11.1 Å². The van der Waals surface area contributed by atoms with Crippen LogP contribution in [0, 0.1) is 0 Å². The van der Waals surface area contributed by atoms with E-state index < -0.39 is 23.6 Å². The number of Topliss-reactive ketones (excluding diaryl/α,β-unsaturated/α-hetero) is 1. The molecule has 0 bridgehead atoms. The van der Waals surface area contributed by atoms with Gasteiger partial charge in [0.05, 0.1) is 17.5 Å². The van der Waals surface area contributed by atoms with Crippen LogP contribution in [0.5, 0.6) is 0 Å². The Morgan fingerprint density at radius 3 is 2.43 bits per heavy atom. The zero-order chi connectivity index (χ0) is 20.1. The van der Waals surface area contributed by atoms with E-state index in [2.05, 4.69) is 15.4 Å². The van der Waals surface area contributed by atoms with Gasteiger partial charge in [0.15, 0.2) is 0 Å². The average Bonchev–Trinajstić information content (AvgIpc) is 3.09. The van der Waals surface area contributed by atoms with E-state index in [0.717, 1.165) is 11.1 Å². The van der Waals surface area contributed by atoms with Gasteiger partial charge in [-0.05, 0) is 17.7 Å². The molecule has 1 aromatic carbocycles. The van der Waals surface area contributed by atoms with Crippen molar-refractivity contribution < 1.29 is 14.4 Å². The largest absolute Gasteiger partial charge is 0.363 e. The number of nitrogens with two attached hydrogens (primary N) is 1. The number of rotatable bonds is 7. The van der Waals surface area contributed by atoms with Gasteiger partial charge in [0.2, 0.25) is 5.78 Å². The first-order valence-electron chi connectivity index (χ1n) is 8.58. The van der Waals surface area contributed by atoms with E-state index in [1.807, 2.05) is 18.2 Å². The highest BCUT2D eigenvalue weighted by Crippen LogP contribution is 2.22. The molecule has 0 radical (unpaired) electrons. The maximum Gasteiger partial charge on any atom is 0.287 e. The van der Waals surface area contributed by atoms with Crippen LogP contribution in [0.15, 0.2) is 61.1 Å². The number of amides is 2. The first-order chi connectivity index (χ1) is 13.5. The molecule has 0 aliphatic rings. The molecule has 3 N–H and O–H groups in total. The lowest BCUT2D eigenvalue weighted by Crippen LogP contribution is -2.47. The predicted molar refractivity (Wildman–Crippen MR) is 102 cm³/mol. The van der Waals surface area contributed by atoms with Crippen molar-refractivity contribution in [1.82, 2.24) is 20.1 Å². The van der Waals surface area contributed by atoms with Crippen molar-refractivity contribution in [3.05, 3.63) is 72.2 Å². The van der Waals surface area contributed by atoms with Crippen molar-refractivity contribution in [3.8, 4) is 11.3 Å². The lowest BCUT2D eigenvalue weighted by atomic mass is 10.0. The van der Waals surface area contributed by atoms with Gasteiger partial charge in [0.1, 0.15) is 6.04 Å². The number of aryl methyl sites for hydroxylation is 1. The molecular formula is C20H19N5O3. The maximum atomic E-state index is 12.9. The summed E-state index contributed by atoms with van der Waals surface area (Å²) in [5.74, 6) is -2.47. The number of benzene rings is 1. The zero-order valence-corrected chi connectivity index (χ0v) is 15.2. The number of aromatic nitrogens is 3. The lowest BCUT2D eigenvalue weighted by molar-refractivity contribution is -0.137. The molecule has 0 aliphatic carbocycles. The molecule has 3 aromatic rings. The summed E-state index contributed by atoms with van der Waals surface area (Å²) in [7, 11) is 1.71. The number of ketones is 1. The van der Waals surface area contributed by atoms with E-state index in [9.17, 15) is 14.4 Å². The van der Waals surface area contributed by atoms with Crippen LogP contribution >= 0.6 is 0 Å². The van der Waals surface area contributed by atoms with Crippen LogP contribution in [0.3, 0.4) is 0 Å². The van der Waals surface area contributed by atoms with Crippen molar-refractivity contribution in [3.63, 3.8) is 0 Å². The Morgan fingerprint density at radius 1 is 1.11 bits per heavy atom. The topological polar surface area (TPSA) is 120 Å². The number of primary amides is 1. The predicted octanol–water partition coefficient (Wildman–Crippen LogP) is 0.878. The number of hydrogen-bond donors (Lipinski definition) is 2. The molecule has 8 nitrogen and oxygen atoms in total. The maximum absolute atomic E-state index is 12.9. The highest BCUT2D eigenvalue weighted by molar-refractivity contribution is 6.38. The minimum Gasteiger partial charge on any atom is -0.363 e. The smallest absolute Gasteiger partial charge is 0.287 e. The van der Waals surface area contributed by atoms with Gasteiger partial charge in [-0.25, -0.2) is 0 Å². The van der Waals surface area contributed by atoms with E-state index in [4.69, 9.17) is 5.73 Å². The SMILES string of the molecule is Cn1ncc(C(=O)NC(Cc2ccccc2)C(=O)C(N)=O)c1-c1ccncc1. The van der Waals surface area contributed by atoms with Crippen LogP contribution in [0.4, 0.5) is 0 Å². The van der Waals surface area contributed by atoms with Crippen LogP contribution in [0.1, 0.15) is 15.9 Å². The summed E-state index contributed by atoms with van der Waals surface area (Å²) >= 11 is 0. The summed E-state index contributed by atoms with van der Waals surface area (Å²) in [6, 6.07) is 11.5. The van der Waals surface area contributed by atoms with E-state index in [0.29, 0.717) is 5.69 Å². The van der Waals surface area contributed by atoms with Crippen molar-refractivity contribution in [1.29, 1.82) is 0 Å². The molecule has 0 saturated carbocycles. The van der Waals surface area contributed by atoms with Gasteiger partial charge in [0.25, 0.3) is 11.8 Å². The fourth-order valence-electron chi connectivity index (χ4n) is 2.92. The van der Waals surface area contributed by atoms with Crippen molar-refractivity contribution >= 4 is 17.6 Å². The van der Waals surface area contributed by atoms with Gasteiger partial charge in [-0.3, -0.25) is 24.0 Å². The number of hydrogen-bond acceptors (Lipinski definition) is 5. The fourth-order valence-corrected chi connectivity index (χ4v) is 2.92. The molecule has 1 unspecified atom stereocenters. The third-order valence-corrected chi connectivity index (χ3v) is 4.28. The highest BCUT2D eigenvalue weighted by atomic mass is 16.2. The van der Waals surface area contributed by atoms with Crippen LogP contribution in [-0.4, -0.2) is 38.4 Å². The Morgan fingerprint density at radius 2 is 1.79 bits per heavy atom. The summed E-state index contributed by atoms with van der Waals surface area (Å²) in [6.45, 7) is 0. The zero-order valence-electron chi connectivity index (χ0n) is 15.2. The summed E-state index contributed by atoms with van der Waals surface area (Å²) in [4.78, 5) is 40.6. The monoisotopic (exact) mass is 377 g/mol. The van der Waals surface area contributed by atoms with Crippen molar-refractivity contribution in [2.75, 3.05) is 0 Å². The van der Waals surface area contributed by atoms with E-state index >= 15 is 0 Å². The molecule has 2 aromatic heterocycles. The molecule has 0 spiro atoms. The van der Waals surface area contributed by atoms with Gasteiger partial charge in [-0.1, -0.05) is 30.3 Å². The Balaban J connectivity index is 1.89. The molecule has 142 valence electrons. The number of carbonyl (C=O) groups is 3. The Kier molecular flexibility index (Phi) is 5.59. The van der Waals surface area contributed by atoms with Crippen LogP contribution in [0.25, 0.3) is 11.3 Å². The second kappa shape index (κ2) is 8.26. The summed E-state index contributed by atoms with van der Waals surface area (Å²) in [5, 5.41) is 6.77. The first-order valence-corrected chi connectivity index (χ1v) is 8.58. The second-order valence-electron chi connectivity index (χ2n) is 6.21. The van der Waals surface area contributed by atoms with Gasteiger partial charge in [-0.2, -0.15) is 5.10 Å². The quantitative estimate of drug-likeness (QED) is 0.592. The molecule has 8 heteroatoms. The minimum absolute atomic E-state index is 0.152. The Bertz CT molecular complexity index is 999. The molecule has 0 saturated heterocycles. The van der Waals surface area contributed by atoms with Crippen molar-refractivity contribution in [2.45, 2.75) is 12.5 Å². The summed E-state index contributed by atoms with van der Waals surface area (Å²) < 4.78 is 1.56. The normalized spacial score (nSPS) is 11.6. The van der Waals surface area contributed by atoms with E-state index in [1.165, 1.54) is 6.20 Å². The fraction of sp³-hybridized carbons (Fsp3) is 0.150. The van der Waals surface area contributed by atoms with Gasteiger partial charge in [0, 0.05) is 31.4 Å². The number of carbonyl (C=O) groups excluding carboxylic acids is 3. The lowest BCUT2D eigenvalue weighted by Gasteiger charge is -2.16. The number of pyridine rings is 1. The van der Waals surface area contributed by atoms with Crippen LogP contribution < -0.4 is 11.1 Å². The Labute approximate surface area is 161 Å². The number of nitrogens with one attached hydrogen (secondary N) is 1. The second-order valence-corrected chi connectivity index (χ2v) is 6.21. The standard InChI is InChI=1S/C20H19N5O3/c1-25-17(14-7-9-22-10-8-14)15(12-23-25)20(28)24-16(18(26)19(21)27)11-13-5-3-2-4-6-13/h2-10,12,16H,11H2,1H3,(H2,21,27)(H,24,28). The number of nitrogens with zero attached hydrogens (tertiary/aromatic N) is 3. The molecule has 0 fully saturated rings. The van der Waals surface area contributed by atoms with E-state index in [-0.39, 0.29) is 12.0 Å². The molecule has 2 heterocycles. The first kappa shape index (κ1) is 19.0.